The third kappa shape index (κ3) is 4.15. The first-order chi connectivity index (χ1) is 15.9. The van der Waals surface area contributed by atoms with Crippen molar-refractivity contribution in [2.75, 3.05) is 13.7 Å². The van der Waals surface area contributed by atoms with Gasteiger partial charge in [0.2, 0.25) is 0 Å². The van der Waals surface area contributed by atoms with Gasteiger partial charge in [0.05, 0.1) is 38.1 Å². The van der Waals surface area contributed by atoms with Crippen LogP contribution in [0.1, 0.15) is 29.9 Å². The number of hydrogen-bond donors (Lipinski definition) is 2. The van der Waals surface area contributed by atoms with Gasteiger partial charge in [0.25, 0.3) is 11.7 Å². The number of methoxy groups -OCH3 is 1. The summed E-state index contributed by atoms with van der Waals surface area (Å²) in [4.78, 5) is 27.4. The van der Waals surface area contributed by atoms with Crippen molar-refractivity contribution in [2.45, 2.75) is 19.5 Å². The monoisotopic (exact) mass is 449 g/mol. The highest BCUT2D eigenvalue weighted by Crippen LogP contribution is 2.42. The highest BCUT2D eigenvalue weighted by atomic mass is 16.5. The first kappa shape index (κ1) is 22.0. The summed E-state index contributed by atoms with van der Waals surface area (Å²) in [7, 11) is 1.42. The zero-order valence-electron chi connectivity index (χ0n) is 18.1. The average molecular weight is 449 g/mol. The molecule has 0 radical (unpaired) electrons. The van der Waals surface area contributed by atoms with Crippen LogP contribution in [0.4, 0.5) is 0 Å². The van der Waals surface area contributed by atoms with E-state index in [1.807, 2.05) is 6.92 Å². The molecule has 33 heavy (non-hydrogen) atoms. The number of phenols is 1. The Morgan fingerprint density at radius 2 is 1.94 bits per heavy atom. The summed E-state index contributed by atoms with van der Waals surface area (Å²) >= 11 is 0. The molecule has 1 unspecified atom stereocenters. The second-order valence-corrected chi connectivity index (χ2v) is 7.40. The Kier molecular flexibility index (Phi) is 6.08. The molecule has 2 aromatic carbocycles. The van der Waals surface area contributed by atoms with E-state index in [0.717, 1.165) is 0 Å². The minimum absolute atomic E-state index is 0.00476. The van der Waals surface area contributed by atoms with Gasteiger partial charge in [-0.05, 0) is 48.9 Å². The third-order valence-electron chi connectivity index (χ3n) is 5.38. The summed E-state index contributed by atoms with van der Waals surface area (Å²) in [6.45, 7) is 2.27. The summed E-state index contributed by atoms with van der Waals surface area (Å²) in [5.41, 5.74) is 0.672. The lowest BCUT2D eigenvalue weighted by atomic mass is 9.95. The van der Waals surface area contributed by atoms with E-state index in [2.05, 4.69) is 0 Å². The third-order valence-corrected chi connectivity index (χ3v) is 5.38. The van der Waals surface area contributed by atoms with Gasteiger partial charge < -0.3 is 29.0 Å². The molecular formula is C25H23NO7. The fourth-order valence-corrected chi connectivity index (χ4v) is 3.89. The van der Waals surface area contributed by atoms with E-state index in [1.165, 1.54) is 30.4 Å². The number of carbonyl (C=O) groups is 2. The van der Waals surface area contributed by atoms with Gasteiger partial charge in [-0.25, -0.2) is 0 Å². The van der Waals surface area contributed by atoms with Crippen molar-refractivity contribution in [3.05, 3.63) is 83.3 Å². The van der Waals surface area contributed by atoms with E-state index in [0.29, 0.717) is 29.2 Å². The Balaban J connectivity index is 1.87. The van der Waals surface area contributed by atoms with Crippen molar-refractivity contribution in [1.29, 1.82) is 0 Å². The van der Waals surface area contributed by atoms with Crippen LogP contribution in [0.15, 0.2) is 70.9 Å². The van der Waals surface area contributed by atoms with Gasteiger partial charge in [-0.3, -0.25) is 9.59 Å². The number of furan rings is 1. The number of aromatic hydroxyl groups is 1. The molecule has 1 aliphatic heterocycles. The summed E-state index contributed by atoms with van der Waals surface area (Å²) in [6, 6.07) is 13.6. The van der Waals surface area contributed by atoms with Crippen molar-refractivity contribution in [3.8, 4) is 17.2 Å². The highest BCUT2D eigenvalue weighted by Gasteiger charge is 2.46. The van der Waals surface area contributed by atoms with Gasteiger partial charge in [0.1, 0.15) is 17.3 Å². The fourth-order valence-electron chi connectivity index (χ4n) is 3.89. The highest BCUT2D eigenvalue weighted by molar-refractivity contribution is 6.46. The molecule has 1 amide bonds. The molecule has 0 bridgehead atoms. The lowest BCUT2D eigenvalue weighted by Crippen LogP contribution is -2.29. The lowest BCUT2D eigenvalue weighted by molar-refractivity contribution is -0.140. The van der Waals surface area contributed by atoms with E-state index in [9.17, 15) is 19.8 Å². The average Bonchev–Trinajstić information content (AvgIpc) is 3.41. The van der Waals surface area contributed by atoms with E-state index in [1.54, 1.807) is 42.5 Å². The van der Waals surface area contributed by atoms with E-state index < -0.39 is 17.7 Å². The topological polar surface area (TPSA) is 109 Å². The molecule has 1 aliphatic rings. The van der Waals surface area contributed by atoms with Crippen molar-refractivity contribution >= 4 is 17.4 Å². The molecule has 1 fully saturated rings. The Labute approximate surface area is 190 Å². The van der Waals surface area contributed by atoms with Crippen molar-refractivity contribution in [2.24, 2.45) is 0 Å². The number of rotatable bonds is 7. The van der Waals surface area contributed by atoms with Crippen LogP contribution in [0.25, 0.3) is 5.76 Å². The number of ketones is 1. The van der Waals surface area contributed by atoms with E-state index >= 15 is 0 Å². The number of benzene rings is 2. The minimum atomic E-state index is -0.956. The number of Topliss-reactive ketones (excluding diaryl/α,β-unsaturated/α-hetero) is 1. The summed E-state index contributed by atoms with van der Waals surface area (Å²) < 4.78 is 16.0. The van der Waals surface area contributed by atoms with Gasteiger partial charge >= 0.3 is 0 Å². The quantitative estimate of drug-likeness (QED) is 0.319. The van der Waals surface area contributed by atoms with Crippen LogP contribution in [-0.2, 0) is 16.1 Å². The van der Waals surface area contributed by atoms with Crippen LogP contribution in [-0.4, -0.2) is 40.5 Å². The number of hydrogen-bond acceptors (Lipinski definition) is 7. The van der Waals surface area contributed by atoms with Crippen LogP contribution in [0, 0.1) is 0 Å². The molecule has 1 aromatic heterocycles. The number of aliphatic hydroxyl groups is 1. The standard InChI is InChI=1S/C25H23NO7/c1-3-32-17-7-4-6-16(12-17)23(28)21-22(15-9-10-20(31-2)19(27)13-15)26(25(30)24(21)29)14-18-8-5-11-33-18/h4-13,22,27-28H,3,14H2,1-2H3/b23-21-. The second-order valence-electron chi connectivity index (χ2n) is 7.40. The molecule has 3 aromatic rings. The first-order valence-electron chi connectivity index (χ1n) is 10.4. The molecule has 0 aliphatic carbocycles. The van der Waals surface area contributed by atoms with Gasteiger partial charge in [0, 0.05) is 5.56 Å². The maximum absolute atomic E-state index is 13.1. The molecule has 1 saturated heterocycles. The predicted molar refractivity (Wildman–Crippen MR) is 119 cm³/mol. The molecule has 8 nitrogen and oxygen atoms in total. The number of aliphatic hydroxyl groups excluding tert-OH is 1. The van der Waals surface area contributed by atoms with E-state index in [-0.39, 0.29) is 29.4 Å². The van der Waals surface area contributed by atoms with Gasteiger partial charge in [-0.1, -0.05) is 18.2 Å². The Morgan fingerprint density at radius 1 is 1.12 bits per heavy atom. The summed E-state index contributed by atoms with van der Waals surface area (Å²) in [5.74, 6) is -0.876. The molecule has 0 saturated carbocycles. The van der Waals surface area contributed by atoms with Crippen molar-refractivity contribution in [1.82, 2.24) is 4.90 Å². The number of amides is 1. The maximum Gasteiger partial charge on any atom is 0.296 e. The second kappa shape index (κ2) is 9.12. The predicted octanol–water partition coefficient (Wildman–Crippen LogP) is 4.01. The molecule has 0 spiro atoms. The fraction of sp³-hybridized carbons (Fsp3) is 0.200. The number of likely N-dealkylation sites (tertiary alicyclic amines) is 1. The lowest BCUT2D eigenvalue weighted by Gasteiger charge is -2.25. The Hall–Kier alpha value is -4.20. The summed E-state index contributed by atoms with van der Waals surface area (Å²) in [6.07, 6.45) is 1.47. The van der Waals surface area contributed by atoms with Crippen LogP contribution in [0.2, 0.25) is 0 Å². The number of carbonyl (C=O) groups excluding carboxylic acids is 2. The van der Waals surface area contributed by atoms with Crippen LogP contribution >= 0.6 is 0 Å². The zero-order chi connectivity index (χ0) is 23.5. The molecule has 4 rings (SSSR count). The number of ether oxygens (including phenoxy) is 2. The SMILES string of the molecule is CCOc1cccc(/C(O)=C2/C(=O)C(=O)N(Cc3ccco3)C2c2ccc(OC)c(O)c2)c1. The molecule has 8 heteroatoms. The molecule has 1 atom stereocenters. The number of phenolic OH excluding ortho intramolecular Hbond substituents is 1. The normalized spacial score (nSPS) is 17.4. The van der Waals surface area contributed by atoms with Crippen LogP contribution in [0.3, 0.4) is 0 Å². The largest absolute Gasteiger partial charge is 0.507 e. The smallest absolute Gasteiger partial charge is 0.296 e. The van der Waals surface area contributed by atoms with Crippen LogP contribution in [0.5, 0.6) is 17.2 Å². The number of nitrogens with zero attached hydrogens (tertiary/aromatic N) is 1. The first-order valence-corrected chi connectivity index (χ1v) is 10.4. The van der Waals surface area contributed by atoms with Gasteiger partial charge in [-0.15, -0.1) is 0 Å². The minimum Gasteiger partial charge on any atom is -0.507 e. The zero-order valence-corrected chi connectivity index (χ0v) is 18.1. The van der Waals surface area contributed by atoms with Gasteiger partial charge in [-0.2, -0.15) is 0 Å². The molecule has 170 valence electrons. The maximum atomic E-state index is 13.1. The Morgan fingerprint density at radius 3 is 2.61 bits per heavy atom. The van der Waals surface area contributed by atoms with Crippen molar-refractivity contribution < 1.29 is 33.7 Å². The molecular weight excluding hydrogens is 426 g/mol. The molecule has 2 heterocycles. The van der Waals surface area contributed by atoms with Gasteiger partial charge in [0.15, 0.2) is 11.5 Å². The summed E-state index contributed by atoms with van der Waals surface area (Å²) in [5, 5.41) is 21.5. The van der Waals surface area contributed by atoms with Crippen LogP contribution < -0.4 is 9.47 Å². The Bertz CT molecular complexity index is 1210. The molecule has 2 N–H and O–H groups in total. The van der Waals surface area contributed by atoms with E-state index in [4.69, 9.17) is 13.9 Å². The van der Waals surface area contributed by atoms with Crippen molar-refractivity contribution in [3.63, 3.8) is 0 Å².